The summed E-state index contributed by atoms with van der Waals surface area (Å²) in [5.41, 5.74) is 5.53. The number of carbonyl (C=O) groups is 2. The number of hydrogen-bond donors (Lipinski definition) is 2. The molecule has 3 unspecified atom stereocenters. The van der Waals surface area contributed by atoms with Crippen molar-refractivity contribution in [2.75, 3.05) is 0 Å². The summed E-state index contributed by atoms with van der Waals surface area (Å²) in [4.78, 5) is 27.0. The third-order valence-electron chi connectivity index (χ3n) is 3.59. The lowest BCUT2D eigenvalue weighted by Crippen LogP contribution is -2.46. The van der Waals surface area contributed by atoms with Gasteiger partial charge in [0.05, 0.1) is 11.7 Å². The van der Waals surface area contributed by atoms with Crippen molar-refractivity contribution in [2.45, 2.75) is 50.3 Å². The van der Waals surface area contributed by atoms with Crippen LogP contribution in [0.5, 0.6) is 0 Å². The van der Waals surface area contributed by atoms with E-state index in [1.54, 1.807) is 0 Å². The van der Waals surface area contributed by atoms with Crippen LogP contribution in [0.4, 0.5) is 0 Å². The van der Waals surface area contributed by atoms with E-state index >= 15 is 0 Å². The van der Waals surface area contributed by atoms with Gasteiger partial charge in [0, 0.05) is 6.04 Å². The molecule has 1 saturated carbocycles. The molecule has 5 nitrogen and oxygen atoms in total. The quantitative estimate of drug-likeness (QED) is 0.784. The first-order chi connectivity index (χ1) is 8.56. The molecule has 3 atom stereocenters. The minimum Gasteiger partial charge on any atom is -0.378 e. The lowest BCUT2D eigenvalue weighted by molar-refractivity contribution is -0.125. The first-order valence-corrected chi connectivity index (χ1v) is 7.28. The molecule has 0 aromatic rings. The van der Waals surface area contributed by atoms with Gasteiger partial charge >= 0.3 is 0 Å². The van der Waals surface area contributed by atoms with Crippen molar-refractivity contribution >= 4 is 28.7 Å². The van der Waals surface area contributed by atoms with Crippen LogP contribution in [0.1, 0.15) is 39.0 Å². The minimum atomic E-state index is -0.413. The van der Waals surface area contributed by atoms with Crippen LogP contribution in [0.25, 0.3) is 0 Å². The number of carbonyl (C=O) groups excluding carboxylic acids is 2. The number of nitrogens with zero attached hydrogens (tertiary/aromatic N) is 1. The van der Waals surface area contributed by atoms with Crippen LogP contribution in [-0.4, -0.2) is 28.3 Å². The van der Waals surface area contributed by atoms with Gasteiger partial charge in [0.2, 0.25) is 11.8 Å². The summed E-state index contributed by atoms with van der Waals surface area (Å²) in [6.07, 6.45) is 4.74. The van der Waals surface area contributed by atoms with Gasteiger partial charge in [-0.25, -0.2) is 0 Å². The molecule has 100 valence electrons. The van der Waals surface area contributed by atoms with Gasteiger partial charge in [-0.3, -0.25) is 9.59 Å². The first-order valence-electron chi connectivity index (χ1n) is 6.40. The highest BCUT2D eigenvalue weighted by molar-refractivity contribution is 8.15. The number of nitrogens with two attached hydrogens (primary N) is 1. The van der Waals surface area contributed by atoms with Gasteiger partial charge in [-0.05, 0) is 18.8 Å². The second-order valence-corrected chi connectivity index (χ2v) is 6.25. The molecule has 2 rings (SSSR count). The minimum absolute atomic E-state index is 0.0787. The average Bonchev–Trinajstić information content (AvgIpc) is 2.31. The fourth-order valence-electron chi connectivity index (χ4n) is 2.49. The topological polar surface area (TPSA) is 84.5 Å². The van der Waals surface area contributed by atoms with E-state index in [-0.39, 0.29) is 29.4 Å². The standard InChI is InChI=1S/C12H19N3O2S/c1-7-4-2-3-5-8(7)14-11(17)9-6-10(16)15-12(13)18-9/h7-9H,2-6H2,1H3,(H,14,17)(H2,13,15,16). The van der Waals surface area contributed by atoms with Crippen molar-refractivity contribution in [3.05, 3.63) is 0 Å². The van der Waals surface area contributed by atoms with E-state index in [9.17, 15) is 9.59 Å². The van der Waals surface area contributed by atoms with Gasteiger partial charge in [-0.1, -0.05) is 31.5 Å². The largest absolute Gasteiger partial charge is 0.378 e. The van der Waals surface area contributed by atoms with Crippen molar-refractivity contribution < 1.29 is 9.59 Å². The Morgan fingerprint density at radius 3 is 2.83 bits per heavy atom. The lowest BCUT2D eigenvalue weighted by Gasteiger charge is -2.31. The second kappa shape index (κ2) is 5.73. The van der Waals surface area contributed by atoms with Crippen LogP contribution in [0.2, 0.25) is 0 Å². The summed E-state index contributed by atoms with van der Waals surface area (Å²) in [6, 6.07) is 0.238. The van der Waals surface area contributed by atoms with E-state index in [0.717, 1.165) is 19.3 Å². The van der Waals surface area contributed by atoms with Crippen molar-refractivity contribution in [1.29, 1.82) is 0 Å². The van der Waals surface area contributed by atoms with Crippen LogP contribution < -0.4 is 11.1 Å². The van der Waals surface area contributed by atoms with Crippen LogP contribution in [0, 0.1) is 5.92 Å². The molecular weight excluding hydrogens is 250 g/mol. The first kappa shape index (κ1) is 13.4. The summed E-state index contributed by atoms with van der Waals surface area (Å²) in [5, 5.41) is 2.84. The van der Waals surface area contributed by atoms with E-state index in [1.165, 1.54) is 18.2 Å². The van der Waals surface area contributed by atoms with E-state index in [4.69, 9.17) is 5.73 Å². The molecule has 18 heavy (non-hydrogen) atoms. The zero-order valence-electron chi connectivity index (χ0n) is 10.5. The summed E-state index contributed by atoms with van der Waals surface area (Å²) < 4.78 is 0. The molecule has 1 aliphatic carbocycles. The molecule has 0 aromatic heterocycles. The monoisotopic (exact) mass is 269 g/mol. The Balaban J connectivity index is 1.91. The van der Waals surface area contributed by atoms with E-state index in [0.29, 0.717) is 5.92 Å². The predicted molar refractivity (Wildman–Crippen MR) is 72.2 cm³/mol. The van der Waals surface area contributed by atoms with Crippen LogP contribution in [0.3, 0.4) is 0 Å². The normalized spacial score (nSPS) is 32.8. The molecule has 6 heteroatoms. The van der Waals surface area contributed by atoms with E-state index < -0.39 is 5.25 Å². The predicted octanol–water partition coefficient (Wildman–Crippen LogP) is 1.03. The SMILES string of the molecule is CC1CCCCC1NC(=O)C1CC(=O)N=C(N)S1. The van der Waals surface area contributed by atoms with Crippen LogP contribution in [-0.2, 0) is 9.59 Å². The third kappa shape index (κ3) is 3.25. The molecule has 0 spiro atoms. The molecule has 0 bridgehead atoms. The van der Waals surface area contributed by atoms with Gasteiger partial charge < -0.3 is 11.1 Å². The number of hydrogen-bond acceptors (Lipinski definition) is 4. The maximum Gasteiger partial charge on any atom is 0.249 e. The maximum atomic E-state index is 12.1. The van der Waals surface area contributed by atoms with Crippen LogP contribution >= 0.6 is 11.8 Å². The van der Waals surface area contributed by atoms with E-state index in [2.05, 4.69) is 17.2 Å². The number of rotatable bonds is 2. The fourth-order valence-corrected chi connectivity index (χ4v) is 3.34. The van der Waals surface area contributed by atoms with Gasteiger partial charge in [0.1, 0.15) is 0 Å². The number of aliphatic imine (C=N–C) groups is 1. The smallest absolute Gasteiger partial charge is 0.249 e. The van der Waals surface area contributed by atoms with Gasteiger partial charge in [-0.15, -0.1) is 0 Å². The maximum absolute atomic E-state index is 12.1. The molecule has 2 aliphatic rings. The van der Waals surface area contributed by atoms with Gasteiger partial charge in [0.25, 0.3) is 0 Å². The highest BCUT2D eigenvalue weighted by atomic mass is 32.2. The zero-order chi connectivity index (χ0) is 13.1. The summed E-state index contributed by atoms with van der Waals surface area (Å²) in [7, 11) is 0. The summed E-state index contributed by atoms with van der Waals surface area (Å²) >= 11 is 1.18. The van der Waals surface area contributed by atoms with Crippen molar-refractivity contribution in [1.82, 2.24) is 5.32 Å². The number of nitrogens with one attached hydrogen (secondary N) is 1. The van der Waals surface area contributed by atoms with Crippen LogP contribution in [0.15, 0.2) is 4.99 Å². The number of amidine groups is 1. The van der Waals surface area contributed by atoms with Crippen molar-refractivity contribution in [2.24, 2.45) is 16.6 Å². The van der Waals surface area contributed by atoms with Gasteiger partial charge in [-0.2, -0.15) is 4.99 Å². The molecule has 2 amide bonds. The molecule has 0 saturated heterocycles. The van der Waals surface area contributed by atoms with Crippen molar-refractivity contribution in [3.63, 3.8) is 0 Å². The van der Waals surface area contributed by atoms with Gasteiger partial charge in [0.15, 0.2) is 5.17 Å². The molecule has 1 aliphatic heterocycles. The Morgan fingerprint density at radius 2 is 2.17 bits per heavy atom. The zero-order valence-corrected chi connectivity index (χ0v) is 11.3. The third-order valence-corrected chi connectivity index (χ3v) is 4.59. The molecule has 3 N–H and O–H groups in total. The Hall–Kier alpha value is -1.04. The van der Waals surface area contributed by atoms with E-state index in [1.807, 2.05) is 0 Å². The molecule has 0 radical (unpaired) electrons. The number of thioether (sulfide) groups is 1. The Bertz CT molecular complexity index is 384. The fraction of sp³-hybridized carbons (Fsp3) is 0.750. The Labute approximate surface area is 111 Å². The average molecular weight is 269 g/mol. The summed E-state index contributed by atoms with van der Waals surface area (Å²) in [6.45, 7) is 2.17. The summed E-state index contributed by atoms with van der Waals surface area (Å²) in [5.74, 6) is 0.131. The Kier molecular flexibility index (Phi) is 4.27. The lowest BCUT2D eigenvalue weighted by atomic mass is 9.86. The second-order valence-electron chi connectivity index (χ2n) is 5.03. The molecule has 0 aromatic carbocycles. The molecule has 1 fully saturated rings. The molecule has 1 heterocycles. The highest BCUT2D eigenvalue weighted by Crippen LogP contribution is 2.25. The highest BCUT2D eigenvalue weighted by Gasteiger charge is 2.31. The Morgan fingerprint density at radius 1 is 1.44 bits per heavy atom. The number of amides is 2. The van der Waals surface area contributed by atoms with Crippen molar-refractivity contribution in [3.8, 4) is 0 Å². The molecular formula is C12H19N3O2S.